The number of hydrogen-bond donors (Lipinski definition) is 2. The fourth-order valence-corrected chi connectivity index (χ4v) is 1.19. The average Bonchev–Trinajstić information content (AvgIpc) is 2.25. The number of carboxylic acids is 1. The van der Waals surface area contributed by atoms with Crippen LogP contribution in [0.4, 0.5) is 10.1 Å². The molecule has 0 atom stereocenters. The van der Waals surface area contributed by atoms with Crippen LogP contribution < -0.4 is 5.32 Å². The van der Waals surface area contributed by atoms with Crippen molar-refractivity contribution in [2.24, 2.45) is 0 Å². The third-order valence-electron chi connectivity index (χ3n) is 1.98. The maximum Gasteiger partial charge on any atom is 0.303 e. The van der Waals surface area contributed by atoms with Gasteiger partial charge in [-0.1, -0.05) is 0 Å². The van der Waals surface area contributed by atoms with Gasteiger partial charge in [0.1, 0.15) is 5.82 Å². The largest absolute Gasteiger partial charge is 0.481 e. The smallest absolute Gasteiger partial charge is 0.303 e. The van der Waals surface area contributed by atoms with E-state index < -0.39 is 11.8 Å². The second-order valence-corrected chi connectivity index (χ2v) is 3.23. The number of rotatable bonds is 5. The van der Waals surface area contributed by atoms with Crippen molar-refractivity contribution in [2.75, 3.05) is 11.9 Å². The Kier molecular flexibility index (Phi) is 4.28. The summed E-state index contributed by atoms with van der Waals surface area (Å²) in [6.07, 6.45) is 0.472. The lowest BCUT2D eigenvalue weighted by molar-refractivity contribution is -0.137. The Morgan fingerprint density at radius 3 is 2.88 bits per heavy atom. The van der Waals surface area contributed by atoms with E-state index in [9.17, 15) is 9.18 Å². The van der Waals surface area contributed by atoms with Gasteiger partial charge in [-0.15, -0.1) is 0 Å². The number of aliphatic carboxylic acids is 1. The molecule has 0 radical (unpaired) electrons. The summed E-state index contributed by atoms with van der Waals surface area (Å²) in [7, 11) is 0. The molecule has 5 heteroatoms. The molecule has 1 aromatic rings. The van der Waals surface area contributed by atoms with Gasteiger partial charge >= 0.3 is 5.97 Å². The molecule has 4 nitrogen and oxygen atoms in total. The standard InChI is InChI=1S/C11H11FN2O2/c12-9-6-8(7-13)3-4-10(9)14-5-1-2-11(15)16/h3-4,6,14H,1-2,5H2,(H,15,16). The molecule has 2 N–H and O–H groups in total. The summed E-state index contributed by atoms with van der Waals surface area (Å²) in [5.41, 5.74) is 0.540. The Morgan fingerprint density at radius 2 is 2.31 bits per heavy atom. The van der Waals surface area contributed by atoms with Gasteiger partial charge in [0.25, 0.3) is 0 Å². The predicted octanol–water partition coefficient (Wildman–Crippen LogP) is 1.97. The van der Waals surface area contributed by atoms with Crippen molar-refractivity contribution in [1.29, 1.82) is 5.26 Å². The lowest BCUT2D eigenvalue weighted by Crippen LogP contribution is -2.06. The number of halogens is 1. The third-order valence-corrected chi connectivity index (χ3v) is 1.98. The SMILES string of the molecule is N#Cc1ccc(NCCCC(=O)O)c(F)c1. The van der Waals surface area contributed by atoms with Gasteiger partial charge in [-0.25, -0.2) is 4.39 Å². The molecule has 0 aromatic heterocycles. The van der Waals surface area contributed by atoms with Crippen LogP contribution in [0.1, 0.15) is 18.4 Å². The van der Waals surface area contributed by atoms with Crippen LogP contribution in [-0.2, 0) is 4.79 Å². The van der Waals surface area contributed by atoms with E-state index in [1.165, 1.54) is 12.1 Å². The Labute approximate surface area is 92.3 Å². The molecule has 0 saturated heterocycles. The molecule has 0 aliphatic rings. The fraction of sp³-hybridized carbons (Fsp3) is 0.273. The molecule has 1 aromatic carbocycles. The van der Waals surface area contributed by atoms with Gasteiger partial charge in [-0.2, -0.15) is 5.26 Å². The zero-order chi connectivity index (χ0) is 12.0. The van der Waals surface area contributed by atoms with Gasteiger partial charge in [0, 0.05) is 13.0 Å². The van der Waals surface area contributed by atoms with Crippen LogP contribution in [0.2, 0.25) is 0 Å². The van der Waals surface area contributed by atoms with Crippen LogP contribution in [0.25, 0.3) is 0 Å². The van der Waals surface area contributed by atoms with E-state index in [-0.39, 0.29) is 17.7 Å². The van der Waals surface area contributed by atoms with Crippen LogP contribution in [0.5, 0.6) is 0 Å². The van der Waals surface area contributed by atoms with Crippen molar-refractivity contribution in [3.63, 3.8) is 0 Å². The number of carbonyl (C=O) groups is 1. The van der Waals surface area contributed by atoms with Crippen LogP contribution in [0, 0.1) is 17.1 Å². The number of anilines is 1. The molecule has 0 amide bonds. The highest BCUT2D eigenvalue weighted by Gasteiger charge is 2.03. The maximum atomic E-state index is 13.3. The molecule has 0 spiro atoms. The van der Waals surface area contributed by atoms with Gasteiger partial charge in [0.05, 0.1) is 17.3 Å². The second-order valence-electron chi connectivity index (χ2n) is 3.23. The molecule has 0 bridgehead atoms. The van der Waals surface area contributed by atoms with Gasteiger partial charge in [0.15, 0.2) is 0 Å². The minimum atomic E-state index is -0.873. The van der Waals surface area contributed by atoms with Gasteiger partial charge in [-0.3, -0.25) is 4.79 Å². The Bertz CT molecular complexity index is 426. The zero-order valence-electron chi connectivity index (χ0n) is 8.53. The van der Waals surface area contributed by atoms with Crippen molar-refractivity contribution in [2.45, 2.75) is 12.8 Å². The Balaban J connectivity index is 2.49. The predicted molar refractivity (Wildman–Crippen MR) is 56.5 cm³/mol. The van der Waals surface area contributed by atoms with Crippen molar-refractivity contribution in [3.8, 4) is 6.07 Å². The van der Waals surface area contributed by atoms with Crippen LogP contribution in [0.15, 0.2) is 18.2 Å². The molecule has 0 heterocycles. The van der Waals surface area contributed by atoms with Gasteiger partial charge < -0.3 is 10.4 Å². The van der Waals surface area contributed by atoms with Crippen molar-refractivity contribution in [3.05, 3.63) is 29.6 Å². The van der Waals surface area contributed by atoms with Gasteiger partial charge in [0.2, 0.25) is 0 Å². The van der Waals surface area contributed by atoms with E-state index in [1.54, 1.807) is 0 Å². The Morgan fingerprint density at radius 1 is 1.56 bits per heavy atom. The summed E-state index contributed by atoms with van der Waals surface area (Å²) in [6, 6.07) is 5.94. The highest BCUT2D eigenvalue weighted by molar-refractivity contribution is 5.66. The second kappa shape index (κ2) is 5.71. The quantitative estimate of drug-likeness (QED) is 0.747. The van der Waals surface area contributed by atoms with E-state index in [0.717, 1.165) is 6.07 Å². The first-order valence-electron chi connectivity index (χ1n) is 4.79. The molecule has 0 aliphatic heterocycles. The lowest BCUT2D eigenvalue weighted by atomic mass is 10.2. The highest BCUT2D eigenvalue weighted by Crippen LogP contribution is 2.15. The maximum absolute atomic E-state index is 13.3. The van der Waals surface area contributed by atoms with E-state index >= 15 is 0 Å². The minimum Gasteiger partial charge on any atom is -0.481 e. The number of nitrogens with one attached hydrogen (secondary N) is 1. The summed E-state index contributed by atoms with van der Waals surface area (Å²) in [5.74, 6) is -1.38. The molecule has 84 valence electrons. The summed E-state index contributed by atoms with van der Waals surface area (Å²) in [6.45, 7) is 0.384. The molecular formula is C11H11FN2O2. The van der Waals surface area contributed by atoms with Crippen molar-refractivity contribution < 1.29 is 14.3 Å². The van der Waals surface area contributed by atoms with E-state index in [2.05, 4.69) is 5.32 Å². The summed E-state index contributed by atoms with van der Waals surface area (Å²) >= 11 is 0. The van der Waals surface area contributed by atoms with Crippen LogP contribution >= 0.6 is 0 Å². The normalized spacial score (nSPS) is 9.50. The van der Waals surface area contributed by atoms with Crippen molar-refractivity contribution >= 4 is 11.7 Å². The first-order chi connectivity index (χ1) is 7.63. The first kappa shape index (κ1) is 12.0. The summed E-state index contributed by atoms with van der Waals surface area (Å²) in [5, 5.41) is 19.7. The monoisotopic (exact) mass is 222 g/mol. The summed E-state index contributed by atoms with van der Waals surface area (Å²) in [4.78, 5) is 10.2. The van der Waals surface area contributed by atoms with Crippen LogP contribution in [-0.4, -0.2) is 17.6 Å². The molecule has 0 fully saturated rings. The minimum absolute atomic E-state index is 0.0465. The molecule has 0 saturated carbocycles. The number of hydrogen-bond acceptors (Lipinski definition) is 3. The molecule has 1 rings (SSSR count). The number of carboxylic acid groups (broad SMARTS) is 1. The molecule has 0 aliphatic carbocycles. The van der Waals surface area contributed by atoms with Gasteiger partial charge in [-0.05, 0) is 24.6 Å². The number of benzene rings is 1. The zero-order valence-corrected chi connectivity index (χ0v) is 8.53. The molecule has 0 unspecified atom stereocenters. The third kappa shape index (κ3) is 3.58. The fourth-order valence-electron chi connectivity index (χ4n) is 1.19. The molecule has 16 heavy (non-hydrogen) atoms. The van der Waals surface area contributed by atoms with E-state index in [1.807, 2.05) is 6.07 Å². The van der Waals surface area contributed by atoms with E-state index in [0.29, 0.717) is 13.0 Å². The Hall–Kier alpha value is -2.09. The first-order valence-corrected chi connectivity index (χ1v) is 4.79. The number of nitrogens with zero attached hydrogens (tertiary/aromatic N) is 1. The van der Waals surface area contributed by atoms with E-state index in [4.69, 9.17) is 10.4 Å². The lowest BCUT2D eigenvalue weighted by Gasteiger charge is -2.06. The van der Waals surface area contributed by atoms with Crippen molar-refractivity contribution in [1.82, 2.24) is 0 Å². The average molecular weight is 222 g/mol. The molecular weight excluding hydrogens is 211 g/mol. The number of nitriles is 1. The topological polar surface area (TPSA) is 73.1 Å². The highest BCUT2D eigenvalue weighted by atomic mass is 19.1. The van der Waals surface area contributed by atoms with Crippen LogP contribution in [0.3, 0.4) is 0 Å². The summed E-state index contributed by atoms with van der Waals surface area (Å²) < 4.78 is 13.3.